The monoisotopic (exact) mass is 877 g/mol. The maximum atomic E-state index is 6.91. The highest BCUT2D eigenvalue weighted by atomic mass is 16.3. The van der Waals surface area contributed by atoms with Crippen LogP contribution in [0.2, 0.25) is 0 Å². The summed E-state index contributed by atoms with van der Waals surface area (Å²) in [5, 5.41) is 2.28. The van der Waals surface area contributed by atoms with Crippen LogP contribution in [0, 0.1) is 0 Å². The summed E-state index contributed by atoms with van der Waals surface area (Å²) in [6.07, 6.45) is 0. The van der Waals surface area contributed by atoms with Crippen molar-refractivity contribution >= 4 is 39.0 Å². The largest absolute Gasteiger partial charge is 0.455 e. The van der Waals surface area contributed by atoms with Crippen LogP contribution >= 0.6 is 0 Å². The van der Waals surface area contributed by atoms with Gasteiger partial charge in [-0.15, -0.1) is 0 Å². The van der Waals surface area contributed by atoms with E-state index < -0.39 is 5.41 Å². The van der Waals surface area contributed by atoms with Gasteiger partial charge in [-0.1, -0.05) is 231 Å². The molecule has 1 aromatic heterocycles. The SMILES string of the molecule is c1ccc(-c2cc(-c3ccccc3)cc(N(c3cccc4c3-c3ccccc3C43c4ccccc4-c4c3ccc3c4oc4ccccc43)c3c(-c4ccccc4)cccc3-c3ccccc3)c2)cc1. The lowest BCUT2D eigenvalue weighted by Crippen LogP contribution is -2.26. The van der Waals surface area contributed by atoms with Crippen molar-refractivity contribution in [3.63, 3.8) is 0 Å². The molecule has 0 amide bonds. The summed E-state index contributed by atoms with van der Waals surface area (Å²) in [4.78, 5) is 2.59. The second-order valence-corrected chi connectivity index (χ2v) is 18.3. The molecule has 1 heterocycles. The number of hydrogen-bond donors (Lipinski definition) is 0. The molecule has 0 radical (unpaired) electrons. The van der Waals surface area contributed by atoms with E-state index in [4.69, 9.17) is 4.42 Å². The van der Waals surface area contributed by atoms with Gasteiger partial charge < -0.3 is 9.32 Å². The average Bonchev–Trinajstić information content (AvgIpc) is 4.07. The number of benzene rings is 11. The van der Waals surface area contributed by atoms with Crippen LogP contribution in [0.1, 0.15) is 22.3 Å². The van der Waals surface area contributed by atoms with Gasteiger partial charge in [0.15, 0.2) is 0 Å². The van der Waals surface area contributed by atoms with Gasteiger partial charge in [0.1, 0.15) is 11.2 Å². The molecule has 2 aliphatic carbocycles. The molecular formula is C67H43NO. The highest BCUT2D eigenvalue weighted by Crippen LogP contribution is 2.66. The third-order valence-corrected chi connectivity index (χ3v) is 14.7. The minimum Gasteiger partial charge on any atom is -0.455 e. The summed E-state index contributed by atoms with van der Waals surface area (Å²) < 4.78 is 6.91. The van der Waals surface area contributed by atoms with E-state index in [1.807, 2.05) is 0 Å². The maximum absolute atomic E-state index is 6.91. The predicted octanol–water partition coefficient (Wildman–Crippen LogP) is 18.1. The first-order valence-corrected chi connectivity index (χ1v) is 23.8. The molecule has 2 aliphatic rings. The second kappa shape index (κ2) is 15.6. The van der Waals surface area contributed by atoms with Gasteiger partial charge in [-0.3, -0.25) is 0 Å². The van der Waals surface area contributed by atoms with Crippen molar-refractivity contribution in [2.45, 2.75) is 5.41 Å². The van der Waals surface area contributed by atoms with E-state index in [1.54, 1.807) is 0 Å². The first-order valence-electron chi connectivity index (χ1n) is 23.8. The van der Waals surface area contributed by atoms with Crippen molar-refractivity contribution in [1.29, 1.82) is 0 Å². The summed E-state index contributed by atoms with van der Waals surface area (Å²) in [5.74, 6) is 0. The number of anilines is 3. The summed E-state index contributed by atoms with van der Waals surface area (Å²) in [6, 6.07) is 95.7. The fourth-order valence-corrected chi connectivity index (χ4v) is 11.8. The van der Waals surface area contributed by atoms with Crippen molar-refractivity contribution in [3.05, 3.63) is 283 Å². The topological polar surface area (TPSA) is 16.4 Å². The zero-order valence-electron chi connectivity index (χ0n) is 37.7. The molecule has 2 nitrogen and oxygen atoms in total. The summed E-state index contributed by atoms with van der Waals surface area (Å²) in [7, 11) is 0. The van der Waals surface area contributed by atoms with E-state index in [1.165, 1.54) is 44.5 Å². The van der Waals surface area contributed by atoms with E-state index in [2.05, 4.69) is 266 Å². The molecule has 11 aromatic carbocycles. The van der Waals surface area contributed by atoms with Crippen LogP contribution in [-0.2, 0) is 5.41 Å². The molecule has 1 spiro atoms. The van der Waals surface area contributed by atoms with Crippen LogP contribution in [0.15, 0.2) is 265 Å². The number of para-hydroxylation sites is 2. The first kappa shape index (κ1) is 39.2. The lowest BCUT2D eigenvalue weighted by Gasteiger charge is -2.34. The molecular weight excluding hydrogens is 835 g/mol. The molecule has 0 saturated carbocycles. The molecule has 322 valence electrons. The van der Waals surface area contributed by atoms with Gasteiger partial charge in [0, 0.05) is 38.7 Å². The van der Waals surface area contributed by atoms with Crippen LogP contribution < -0.4 is 4.90 Å². The fraction of sp³-hybridized carbons (Fsp3) is 0.0149. The smallest absolute Gasteiger partial charge is 0.143 e. The van der Waals surface area contributed by atoms with Gasteiger partial charge in [-0.2, -0.15) is 0 Å². The minimum absolute atomic E-state index is 0.616. The Bertz CT molecular complexity index is 3830. The van der Waals surface area contributed by atoms with Crippen molar-refractivity contribution in [2.75, 3.05) is 4.90 Å². The number of rotatable bonds is 7. The third kappa shape index (κ3) is 5.86. The Morgan fingerprint density at radius 2 is 0.768 bits per heavy atom. The van der Waals surface area contributed by atoms with Crippen molar-refractivity contribution < 1.29 is 4.42 Å². The highest BCUT2D eigenvalue weighted by Gasteiger charge is 2.53. The summed E-state index contributed by atoms with van der Waals surface area (Å²) >= 11 is 0. The molecule has 0 aliphatic heterocycles. The van der Waals surface area contributed by atoms with E-state index in [0.29, 0.717) is 0 Å². The molecule has 2 heteroatoms. The van der Waals surface area contributed by atoms with Gasteiger partial charge in [0.05, 0.1) is 16.8 Å². The van der Waals surface area contributed by atoms with Crippen LogP contribution in [-0.4, -0.2) is 0 Å². The van der Waals surface area contributed by atoms with Crippen LogP contribution in [0.5, 0.6) is 0 Å². The average molecular weight is 878 g/mol. The third-order valence-electron chi connectivity index (χ3n) is 14.7. The molecule has 0 fully saturated rings. The van der Waals surface area contributed by atoms with Crippen LogP contribution in [0.4, 0.5) is 17.1 Å². The van der Waals surface area contributed by atoms with Gasteiger partial charge in [-0.05, 0) is 97.1 Å². The van der Waals surface area contributed by atoms with Gasteiger partial charge in [-0.25, -0.2) is 0 Å². The molecule has 0 N–H and O–H groups in total. The van der Waals surface area contributed by atoms with Crippen molar-refractivity contribution in [2.24, 2.45) is 0 Å². The Balaban J connectivity index is 1.13. The number of nitrogens with zero attached hydrogens (tertiary/aromatic N) is 1. The Hall–Kier alpha value is -8.98. The van der Waals surface area contributed by atoms with Crippen LogP contribution in [0.3, 0.4) is 0 Å². The van der Waals surface area contributed by atoms with E-state index in [9.17, 15) is 0 Å². The number of hydrogen-bond acceptors (Lipinski definition) is 2. The second-order valence-electron chi connectivity index (χ2n) is 18.3. The Morgan fingerprint density at radius 3 is 1.38 bits per heavy atom. The zero-order valence-corrected chi connectivity index (χ0v) is 37.7. The lowest BCUT2D eigenvalue weighted by atomic mass is 9.70. The maximum Gasteiger partial charge on any atom is 0.143 e. The van der Waals surface area contributed by atoms with Gasteiger partial charge >= 0.3 is 0 Å². The number of fused-ring (bicyclic) bond motifs is 14. The van der Waals surface area contributed by atoms with Crippen molar-refractivity contribution in [1.82, 2.24) is 0 Å². The molecule has 1 atom stereocenters. The Kier molecular flexibility index (Phi) is 8.84. The molecule has 12 aromatic rings. The van der Waals surface area contributed by atoms with E-state index in [-0.39, 0.29) is 0 Å². The molecule has 69 heavy (non-hydrogen) atoms. The minimum atomic E-state index is -0.616. The summed E-state index contributed by atoms with van der Waals surface area (Å²) in [6.45, 7) is 0. The fourth-order valence-electron chi connectivity index (χ4n) is 11.8. The first-order chi connectivity index (χ1) is 34.3. The molecule has 14 rings (SSSR count). The number of furan rings is 1. The predicted molar refractivity (Wildman–Crippen MR) is 286 cm³/mol. The van der Waals surface area contributed by atoms with Crippen molar-refractivity contribution in [3.8, 4) is 66.8 Å². The van der Waals surface area contributed by atoms with E-state index in [0.717, 1.165) is 83.5 Å². The Morgan fingerprint density at radius 1 is 0.304 bits per heavy atom. The molecule has 1 unspecified atom stereocenters. The molecule has 0 bridgehead atoms. The highest BCUT2D eigenvalue weighted by molar-refractivity contribution is 6.14. The lowest BCUT2D eigenvalue weighted by molar-refractivity contribution is 0.669. The van der Waals surface area contributed by atoms with E-state index >= 15 is 0 Å². The standard InChI is InChI=1S/C67H43NO/c1-5-21-44(22-6-1)48-41-49(45-23-7-2-8-24-45)43-50(42-48)68(65-51(46-25-9-3-10-26-46)32-19-33-52(65)47-27-11-4-12-28-47)61-37-20-36-59-63(61)55-30-13-16-34-57(55)67(59)58-35-17-14-31-56(58)64-60(67)40-39-54-53-29-15-18-38-62(53)69-66(54)64/h1-43H. The molecule has 0 saturated heterocycles. The quantitative estimate of drug-likeness (QED) is 0.159. The summed E-state index contributed by atoms with van der Waals surface area (Å²) in [5.41, 5.74) is 23.6. The van der Waals surface area contributed by atoms with Gasteiger partial charge in [0.25, 0.3) is 0 Å². The van der Waals surface area contributed by atoms with Gasteiger partial charge in [0.2, 0.25) is 0 Å². The zero-order chi connectivity index (χ0) is 45.5. The van der Waals surface area contributed by atoms with Crippen LogP contribution in [0.25, 0.3) is 88.7 Å². The Labute approximate surface area is 401 Å². The normalized spacial score (nSPS) is 14.1.